The number of para-hydroxylation sites is 3. The molecule has 0 radical (unpaired) electrons. The molecule has 7 nitrogen and oxygen atoms in total. The van der Waals surface area contributed by atoms with Gasteiger partial charge in [-0.2, -0.15) is 0 Å². The molecule has 11 aromatic rings. The van der Waals surface area contributed by atoms with Gasteiger partial charge in [0.05, 0.1) is 17.2 Å². The van der Waals surface area contributed by atoms with Crippen molar-refractivity contribution in [3.05, 3.63) is 152 Å². The molecule has 0 spiro atoms. The van der Waals surface area contributed by atoms with E-state index in [2.05, 4.69) is 94.5 Å². The van der Waals surface area contributed by atoms with Crippen LogP contribution in [0.25, 0.3) is 106 Å². The predicted molar refractivity (Wildman–Crippen MR) is 203 cm³/mol. The lowest BCUT2D eigenvalue weighted by Gasteiger charge is -2.11. The molecule has 5 heterocycles. The molecule has 0 amide bonds. The van der Waals surface area contributed by atoms with Crippen molar-refractivity contribution in [1.82, 2.24) is 24.5 Å². The fraction of sp³-hybridized carbons (Fsp3) is 0. The van der Waals surface area contributed by atoms with E-state index >= 15 is 0 Å². The molecule has 0 unspecified atom stereocenters. The summed E-state index contributed by atoms with van der Waals surface area (Å²) in [6, 6.07) is 47.6. The maximum absolute atomic E-state index is 6.26. The minimum atomic E-state index is 0.552. The molecule has 0 aliphatic rings. The van der Waals surface area contributed by atoms with Gasteiger partial charge >= 0.3 is 0 Å². The zero-order chi connectivity index (χ0) is 33.5. The Kier molecular flexibility index (Phi) is 5.83. The third kappa shape index (κ3) is 4.18. The number of pyridine rings is 1. The summed E-state index contributed by atoms with van der Waals surface area (Å²) < 4.78 is 14.8. The van der Waals surface area contributed by atoms with Crippen molar-refractivity contribution in [3.8, 4) is 39.9 Å². The van der Waals surface area contributed by atoms with Gasteiger partial charge in [0, 0.05) is 60.9 Å². The van der Waals surface area contributed by atoms with Crippen molar-refractivity contribution < 1.29 is 8.83 Å². The first kappa shape index (κ1) is 27.8. The Morgan fingerprint density at radius 2 is 0.941 bits per heavy atom. The van der Waals surface area contributed by atoms with E-state index in [0.29, 0.717) is 23.1 Å². The molecule has 7 heteroatoms. The second-order valence-corrected chi connectivity index (χ2v) is 12.7. The Bertz CT molecular complexity index is 2970. The normalized spacial score (nSPS) is 11.9. The molecule has 0 fully saturated rings. The lowest BCUT2D eigenvalue weighted by Crippen LogP contribution is -2.01. The maximum atomic E-state index is 6.26. The van der Waals surface area contributed by atoms with E-state index in [1.54, 1.807) is 12.4 Å². The third-order valence-corrected chi connectivity index (χ3v) is 9.78. The van der Waals surface area contributed by atoms with Crippen molar-refractivity contribution in [3.63, 3.8) is 0 Å². The standard InChI is InChI=1S/C44H25N5O2/c1-4-14-34-28(9-1)29-10-2-5-15-35(29)49(34)27-21-19-26(20-22-27)42-46-43(32-12-7-17-37-40(32)30-11-3-6-16-36(30)50-37)48-44(47-42)33-13-8-18-38-41(33)31-23-24-45-25-39(31)51-38/h1-25H. The molecule has 0 aliphatic carbocycles. The van der Waals surface area contributed by atoms with Crippen molar-refractivity contribution in [2.75, 3.05) is 0 Å². The smallest absolute Gasteiger partial charge is 0.164 e. The predicted octanol–water partition coefficient (Wildman–Crippen LogP) is 11.2. The molecule has 51 heavy (non-hydrogen) atoms. The first-order valence-electron chi connectivity index (χ1n) is 16.8. The molecule has 0 atom stereocenters. The third-order valence-electron chi connectivity index (χ3n) is 9.78. The van der Waals surface area contributed by atoms with Crippen LogP contribution in [0.5, 0.6) is 0 Å². The van der Waals surface area contributed by atoms with Gasteiger partial charge in [-0.1, -0.05) is 78.9 Å². The van der Waals surface area contributed by atoms with Crippen LogP contribution in [0.4, 0.5) is 0 Å². The van der Waals surface area contributed by atoms with Gasteiger partial charge in [0.15, 0.2) is 23.1 Å². The fourth-order valence-electron chi connectivity index (χ4n) is 7.53. The Hall–Kier alpha value is -7.12. The summed E-state index contributed by atoms with van der Waals surface area (Å²) in [4.78, 5) is 19.8. The quantitative estimate of drug-likeness (QED) is 0.188. The largest absolute Gasteiger partial charge is 0.456 e. The number of fused-ring (bicyclic) bond motifs is 9. The number of furan rings is 2. The van der Waals surface area contributed by atoms with Crippen LogP contribution in [0.2, 0.25) is 0 Å². The minimum Gasteiger partial charge on any atom is -0.456 e. The molecule has 0 saturated carbocycles. The summed E-state index contributed by atoms with van der Waals surface area (Å²) in [6.07, 6.45) is 3.52. The molecular weight excluding hydrogens is 631 g/mol. The van der Waals surface area contributed by atoms with Gasteiger partial charge in [-0.25, -0.2) is 15.0 Å². The Morgan fingerprint density at radius 1 is 0.412 bits per heavy atom. The lowest BCUT2D eigenvalue weighted by atomic mass is 10.0. The first-order valence-corrected chi connectivity index (χ1v) is 16.8. The molecule has 6 aromatic carbocycles. The van der Waals surface area contributed by atoms with Crippen molar-refractivity contribution in [2.45, 2.75) is 0 Å². The van der Waals surface area contributed by atoms with Gasteiger partial charge in [0.1, 0.15) is 16.7 Å². The van der Waals surface area contributed by atoms with Crippen LogP contribution < -0.4 is 0 Å². The fourth-order valence-corrected chi connectivity index (χ4v) is 7.53. The van der Waals surface area contributed by atoms with E-state index in [9.17, 15) is 0 Å². The topological polar surface area (TPSA) is 82.8 Å². The van der Waals surface area contributed by atoms with Gasteiger partial charge < -0.3 is 13.4 Å². The van der Waals surface area contributed by atoms with E-state index in [4.69, 9.17) is 23.8 Å². The number of hydrogen-bond donors (Lipinski definition) is 0. The maximum Gasteiger partial charge on any atom is 0.164 e. The summed E-state index contributed by atoms with van der Waals surface area (Å²) >= 11 is 0. The van der Waals surface area contributed by atoms with Gasteiger partial charge in [-0.05, 0) is 60.7 Å². The summed E-state index contributed by atoms with van der Waals surface area (Å²) in [5.41, 5.74) is 9.04. The highest BCUT2D eigenvalue weighted by atomic mass is 16.3. The molecule has 5 aromatic heterocycles. The molecule has 11 rings (SSSR count). The molecule has 0 bridgehead atoms. The van der Waals surface area contributed by atoms with E-state index < -0.39 is 0 Å². The average Bonchev–Trinajstić information content (AvgIpc) is 3.87. The molecular formula is C44H25N5O2. The van der Waals surface area contributed by atoms with Crippen LogP contribution in [-0.2, 0) is 0 Å². The van der Waals surface area contributed by atoms with E-state index in [0.717, 1.165) is 71.7 Å². The van der Waals surface area contributed by atoms with E-state index in [1.807, 2.05) is 54.6 Å². The average molecular weight is 656 g/mol. The minimum absolute atomic E-state index is 0.552. The van der Waals surface area contributed by atoms with E-state index in [1.165, 1.54) is 10.8 Å². The van der Waals surface area contributed by atoms with Crippen LogP contribution in [-0.4, -0.2) is 24.5 Å². The highest BCUT2D eigenvalue weighted by Crippen LogP contribution is 2.39. The lowest BCUT2D eigenvalue weighted by molar-refractivity contribution is 0.667. The summed E-state index contributed by atoms with van der Waals surface area (Å²) in [5, 5.41) is 6.32. The monoisotopic (exact) mass is 655 g/mol. The number of rotatable bonds is 4. The van der Waals surface area contributed by atoms with E-state index in [-0.39, 0.29) is 0 Å². The van der Waals surface area contributed by atoms with Crippen LogP contribution in [0.3, 0.4) is 0 Å². The zero-order valence-electron chi connectivity index (χ0n) is 27.0. The number of nitrogens with zero attached hydrogens (tertiary/aromatic N) is 5. The van der Waals surface area contributed by atoms with Gasteiger partial charge in [-0.3, -0.25) is 4.98 Å². The van der Waals surface area contributed by atoms with Crippen molar-refractivity contribution >= 4 is 65.7 Å². The molecule has 0 N–H and O–H groups in total. The highest BCUT2D eigenvalue weighted by Gasteiger charge is 2.21. The Morgan fingerprint density at radius 3 is 1.61 bits per heavy atom. The van der Waals surface area contributed by atoms with Crippen LogP contribution >= 0.6 is 0 Å². The number of benzene rings is 6. The van der Waals surface area contributed by atoms with Crippen molar-refractivity contribution in [1.29, 1.82) is 0 Å². The van der Waals surface area contributed by atoms with Crippen LogP contribution in [0.15, 0.2) is 161 Å². The highest BCUT2D eigenvalue weighted by molar-refractivity contribution is 6.13. The second-order valence-electron chi connectivity index (χ2n) is 12.7. The summed E-state index contributed by atoms with van der Waals surface area (Å²) in [6.45, 7) is 0. The molecule has 0 aliphatic heterocycles. The van der Waals surface area contributed by atoms with Crippen LogP contribution in [0, 0.1) is 0 Å². The summed E-state index contributed by atoms with van der Waals surface area (Å²) in [7, 11) is 0. The molecule has 238 valence electrons. The van der Waals surface area contributed by atoms with Gasteiger partial charge in [0.25, 0.3) is 0 Å². The number of aromatic nitrogens is 5. The van der Waals surface area contributed by atoms with Gasteiger partial charge in [-0.15, -0.1) is 0 Å². The van der Waals surface area contributed by atoms with Gasteiger partial charge in [0.2, 0.25) is 0 Å². The van der Waals surface area contributed by atoms with Crippen molar-refractivity contribution in [2.24, 2.45) is 0 Å². The summed E-state index contributed by atoms with van der Waals surface area (Å²) in [5.74, 6) is 1.68. The SMILES string of the molecule is c1ccc2c(c1)oc1cccc(-c3nc(-c4ccc(-n5c6ccccc6c6ccccc65)cc4)nc(-c4cccc5oc6cnccc6c45)n3)c12. The first-order chi connectivity index (χ1) is 25.3. The molecule has 0 saturated heterocycles. The Labute approximate surface area is 290 Å². The number of hydrogen-bond acceptors (Lipinski definition) is 6. The second kappa shape index (κ2) is 10.7. The van der Waals surface area contributed by atoms with Crippen LogP contribution in [0.1, 0.15) is 0 Å². The Balaban J connectivity index is 1.14. The zero-order valence-corrected chi connectivity index (χ0v) is 27.0.